The molecule has 1 aliphatic carbocycles. The summed E-state index contributed by atoms with van der Waals surface area (Å²) in [6.07, 6.45) is 2.42. The van der Waals surface area contributed by atoms with E-state index in [0.717, 1.165) is 25.7 Å². The van der Waals surface area contributed by atoms with Crippen LogP contribution in [0.4, 0.5) is 4.39 Å². The van der Waals surface area contributed by atoms with Gasteiger partial charge in [0.1, 0.15) is 0 Å². The van der Waals surface area contributed by atoms with Gasteiger partial charge in [0.2, 0.25) is 6.17 Å². The number of aliphatic hydroxyl groups is 1. The molecule has 18 heavy (non-hydrogen) atoms. The lowest BCUT2D eigenvalue weighted by atomic mass is 9.84. The van der Waals surface area contributed by atoms with Crippen LogP contribution in [0.3, 0.4) is 0 Å². The molecular weight excluding hydrogens is 237 g/mol. The Hall–Kier alpha value is -0.680. The van der Waals surface area contributed by atoms with Crippen molar-refractivity contribution in [1.29, 1.82) is 0 Å². The first-order chi connectivity index (χ1) is 8.60. The Kier molecular flexibility index (Phi) is 6.57. The van der Waals surface area contributed by atoms with Gasteiger partial charge in [0, 0.05) is 18.7 Å². The molecule has 0 spiro atoms. The average Bonchev–Trinajstić information content (AvgIpc) is 2.38. The van der Waals surface area contributed by atoms with Gasteiger partial charge in [0.25, 0.3) is 0 Å². The summed E-state index contributed by atoms with van der Waals surface area (Å²) in [4.78, 5) is 11.3. The molecule has 4 atom stereocenters. The van der Waals surface area contributed by atoms with E-state index in [9.17, 15) is 14.3 Å². The SMILES string of the molecule is CCOC(=O)C(F)C(C)NC1CCCCC1CO. The Bertz CT molecular complexity index is 263. The monoisotopic (exact) mass is 261 g/mol. The van der Waals surface area contributed by atoms with Gasteiger partial charge >= 0.3 is 5.97 Å². The van der Waals surface area contributed by atoms with Gasteiger partial charge in [-0.1, -0.05) is 12.8 Å². The third-order valence-corrected chi connectivity index (χ3v) is 3.57. The molecule has 1 saturated carbocycles. The number of nitrogens with one attached hydrogen (secondary N) is 1. The number of carbonyl (C=O) groups is 1. The molecule has 4 unspecified atom stereocenters. The highest BCUT2D eigenvalue weighted by Gasteiger charge is 2.31. The Labute approximate surface area is 108 Å². The van der Waals surface area contributed by atoms with Crippen molar-refractivity contribution < 1.29 is 19.0 Å². The number of carbonyl (C=O) groups excluding carboxylic acids is 1. The summed E-state index contributed by atoms with van der Waals surface area (Å²) >= 11 is 0. The number of rotatable bonds is 6. The molecule has 1 aliphatic rings. The molecule has 106 valence electrons. The topological polar surface area (TPSA) is 58.6 Å². The molecule has 0 saturated heterocycles. The maximum absolute atomic E-state index is 13.8. The Morgan fingerprint density at radius 2 is 2.17 bits per heavy atom. The number of esters is 1. The molecule has 2 N–H and O–H groups in total. The molecular formula is C13H24FNO3. The molecule has 4 nitrogen and oxygen atoms in total. The Morgan fingerprint density at radius 1 is 1.50 bits per heavy atom. The molecule has 0 heterocycles. The van der Waals surface area contributed by atoms with E-state index < -0.39 is 18.2 Å². The molecule has 1 fully saturated rings. The second kappa shape index (κ2) is 7.69. The van der Waals surface area contributed by atoms with Crippen LogP contribution >= 0.6 is 0 Å². The minimum atomic E-state index is -1.65. The van der Waals surface area contributed by atoms with Crippen molar-refractivity contribution in [2.45, 2.75) is 57.8 Å². The fraction of sp³-hybridized carbons (Fsp3) is 0.923. The number of ether oxygens (including phenoxy) is 1. The largest absolute Gasteiger partial charge is 0.464 e. The second-order valence-electron chi connectivity index (χ2n) is 4.94. The van der Waals surface area contributed by atoms with Gasteiger partial charge in [-0.15, -0.1) is 0 Å². The van der Waals surface area contributed by atoms with E-state index >= 15 is 0 Å². The average molecular weight is 261 g/mol. The molecule has 0 aromatic carbocycles. The number of hydrogen-bond donors (Lipinski definition) is 2. The van der Waals surface area contributed by atoms with Crippen molar-refractivity contribution in [3.63, 3.8) is 0 Å². The molecule has 0 radical (unpaired) electrons. The minimum absolute atomic E-state index is 0.0893. The summed E-state index contributed by atoms with van der Waals surface area (Å²) in [5, 5.41) is 12.4. The predicted octanol–water partition coefficient (Wildman–Crippen LogP) is 1.42. The van der Waals surface area contributed by atoms with Crippen LogP contribution in [-0.2, 0) is 9.53 Å². The summed E-state index contributed by atoms with van der Waals surface area (Å²) in [7, 11) is 0. The van der Waals surface area contributed by atoms with E-state index in [-0.39, 0.29) is 25.2 Å². The van der Waals surface area contributed by atoms with Crippen LogP contribution in [-0.4, -0.2) is 42.5 Å². The first-order valence-electron chi connectivity index (χ1n) is 6.77. The van der Waals surface area contributed by atoms with Crippen LogP contribution in [0.25, 0.3) is 0 Å². The third-order valence-electron chi connectivity index (χ3n) is 3.57. The number of halogens is 1. The summed E-state index contributed by atoms with van der Waals surface area (Å²) in [5.41, 5.74) is 0. The van der Waals surface area contributed by atoms with Gasteiger partial charge in [-0.2, -0.15) is 0 Å². The van der Waals surface area contributed by atoms with E-state index in [1.807, 2.05) is 0 Å². The fourth-order valence-corrected chi connectivity index (χ4v) is 2.49. The maximum Gasteiger partial charge on any atom is 0.342 e. The van der Waals surface area contributed by atoms with Crippen LogP contribution in [0.2, 0.25) is 0 Å². The van der Waals surface area contributed by atoms with E-state index in [2.05, 4.69) is 10.1 Å². The molecule has 0 amide bonds. The van der Waals surface area contributed by atoms with Gasteiger partial charge < -0.3 is 15.2 Å². The predicted molar refractivity (Wildman–Crippen MR) is 67.0 cm³/mol. The quantitative estimate of drug-likeness (QED) is 0.710. The number of alkyl halides is 1. The van der Waals surface area contributed by atoms with E-state index in [1.54, 1.807) is 13.8 Å². The lowest BCUT2D eigenvalue weighted by Crippen LogP contribution is -2.49. The van der Waals surface area contributed by atoms with Crippen LogP contribution in [0.5, 0.6) is 0 Å². The van der Waals surface area contributed by atoms with Crippen LogP contribution in [0, 0.1) is 5.92 Å². The van der Waals surface area contributed by atoms with Crippen LogP contribution in [0.15, 0.2) is 0 Å². The van der Waals surface area contributed by atoms with Crippen molar-refractivity contribution in [2.24, 2.45) is 5.92 Å². The highest BCUT2D eigenvalue weighted by molar-refractivity contribution is 5.75. The summed E-state index contributed by atoms with van der Waals surface area (Å²) in [6.45, 7) is 3.60. The van der Waals surface area contributed by atoms with Gasteiger partial charge in [0.15, 0.2) is 0 Å². The number of hydrogen-bond acceptors (Lipinski definition) is 4. The smallest absolute Gasteiger partial charge is 0.342 e. The van der Waals surface area contributed by atoms with Gasteiger partial charge in [-0.3, -0.25) is 0 Å². The molecule has 0 bridgehead atoms. The van der Waals surface area contributed by atoms with E-state index in [4.69, 9.17) is 0 Å². The fourth-order valence-electron chi connectivity index (χ4n) is 2.49. The molecule has 0 aliphatic heterocycles. The molecule has 0 aromatic heterocycles. The lowest BCUT2D eigenvalue weighted by molar-refractivity contribution is -0.150. The van der Waals surface area contributed by atoms with E-state index in [1.165, 1.54) is 0 Å². The van der Waals surface area contributed by atoms with Gasteiger partial charge in [-0.25, -0.2) is 9.18 Å². The standard InChI is InChI=1S/C13H24FNO3/c1-3-18-13(17)12(14)9(2)15-11-7-5-4-6-10(11)8-16/h9-12,15-16H,3-8H2,1-2H3. The third kappa shape index (κ3) is 4.21. The van der Waals surface area contributed by atoms with Crippen LogP contribution in [0.1, 0.15) is 39.5 Å². The molecule has 1 rings (SSSR count). The number of aliphatic hydroxyl groups excluding tert-OH is 1. The van der Waals surface area contributed by atoms with Crippen LogP contribution < -0.4 is 5.32 Å². The van der Waals surface area contributed by atoms with Crippen molar-refractivity contribution in [3.05, 3.63) is 0 Å². The van der Waals surface area contributed by atoms with Crippen molar-refractivity contribution in [3.8, 4) is 0 Å². The Morgan fingerprint density at radius 3 is 2.78 bits per heavy atom. The molecule has 5 heteroatoms. The second-order valence-corrected chi connectivity index (χ2v) is 4.94. The van der Waals surface area contributed by atoms with E-state index in [0.29, 0.717) is 0 Å². The zero-order valence-electron chi connectivity index (χ0n) is 11.2. The summed E-state index contributed by atoms with van der Waals surface area (Å²) in [6, 6.07) is -0.493. The molecule has 0 aromatic rings. The zero-order chi connectivity index (χ0) is 13.5. The normalized spacial score (nSPS) is 27.6. The maximum atomic E-state index is 13.8. The van der Waals surface area contributed by atoms with Gasteiger partial charge in [-0.05, 0) is 32.6 Å². The van der Waals surface area contributed by atoms with Crippen molar-refractivity contribution >= 4 is 5.97 Å². The minimum Gasteiger partial charge on any atom is -0.464 e. The zero-order valence-corrected chi connectivity index (χ0v) is 11.2. The summed E-state index contributed by atoms with van der Waals surface area (Å²) in [5.74, 6) is -0.649. The summed E-state index contributed by atoms with van der Waals surface area (Å²) < 4.78 is 18.4. The highest BCUT2D eigenvalue weighted by Crippen LogP contribution is 2.24. The van der Waals surface area contributed by atoms with Crippen molar-refractivity contribution in [1.82, 2.24) is 5.32 Å². The highest BCUT2D eigenvalue weighted by atomic mass is 19.1. The van der Waals surface area contributed by atoms with Crippen molar-refractivity contribution in [2.75, 3.05) is 13.2 Å². The van der Waals surface area contributed by atoms with Gasteiger partial charge in [0.05, 0.1) is 6.61 Å². The Balaban J connectivity index is 2.46. The first kappa shape index (κ1) is 15.4. The lowest BCUT2D eigenvalue weighted by Gasteiger charge is -2.33. The first-order valence-corrected chi connectivity index (χ1v) is 6.77.